The summed E-state index contributed by atoms with van der Waals surface area (Å²) in [6.07, 6.45) is 3.47. The summed E-state index contributed by atoms with van der Waals surface area (Å²) in [5.41, 5.74) is 7.45. The molecule has 1 aliphatic heterocycles. The fourth-order valence-corrected chi connectivity index (χ4v) is 12.9. The summed E-state index contributed by atoms with van der Waals surface area (Å²) in [6, 6.07) is 26.4. The molecule has 2 aliphatic rings. The van der Waals surface area contributed by atoms with E-state index in [-0.39, 0.29) is 0 Å². The van der Waals surface area contributed by atoms with Crippen molar-refractivity contribution in [1.29, 1.82) is 0 Å². The van der Waals surface area contributed by atoms with Gasteiger partial charge < -0.3 is 4.74 Å². The molecule has 152 valence electrons. The molecule has 1 aliphatic carbocycles. The van der Waals surface area contributed by atoms with Crippen LogP contribution in [0.4, 0.5) is 0 Å². The van der Waals surface area contributed by atoms with Crippen molar-refractivity contribution in [3.63, 3.8) is 0 Å². The Hall–Kier alpha value is -1.80. The first-order chi connectivity index (χ1) is 14.6. The average molecular weight is 449 g/mol. The Labute approximate surface area is 188 Å². The highest BCUT2D eigenvalue weighted by Crippen LogP contribution is 2.80. The molecule has 0 amide bonds. The van der Waals surface area contributed by atoms with E-state index in [0.29, 0.717) is 5.66 Å². The van der Waals surface area contributed by atoms with Crippen molar-refractivity contribution in [3.8, 4) is 5.75 Å². The first-order valence-corrected chi connectivity index (χ1v) is 14.7. The number of fused-ring (bicyclic) bond motifs is 2. The van der Waals surface area contributed by atoms with Crippen LogP contribution in [0, 0.1) is 6.92 Å². The van der Waals surface area contributed by atoms with Crippen molar-refractivity contribution in [2.75, 3.05) is 7.11 Å². The van der Waals surface area contributed by atoms with Gasteiger partial charge in [-0.2, -0.15) is 0 Å². The number of hydrogen-bond donors (Lipinski definition) is 0. The molecule has 0 saturated heterocycles. The van der Waals surface area contributed by atoms with Crippen LogP contribution in [-0.4, -0.2) is 7.11 Å². The van der Waals surface area contributed by atoms with Gasteiger partial charge in [0.15, 0.2) is 0 Å². The lowest BCUT2D eigenvalue weighted by molar-refractivity contribution is 0.415. The lowest BCUT2D eigenvalue weighted by atomic mass is 9.99. The molecule has 2 unspecified atom stereocenters. The fourth-order valence-electron chi connectivity index (χ4n) is 4.66. The van der Waals surface area contributed by atoms with Crippen LogP contribution >= 0.6 is 16.6 Å². The van der Waals surface area contributed by atoms with Crippen molar-refractivity contribution < 1.29 is 4.74 Å². The van der Waals surface area contributed by atoms with E-state index in [4.69, 9.17) is 16.5 Å². The normalized spacial score (nSPS) is 22.9. The first-order valence-electron chi connectivity index (χ1n) is 10.4. The summed E-state index contributed by atoms with van der Waals surface area (Å²) >= 11 is 8.62. The number of ether oxygens (including phenoxy) is 1. The summed E-state index contributed by atoms with van der Waals surface area (Å²) in [7, 11) is 1.72. The van der Waals surface area contributed by atoms with E-state index in [1.807, 2.05) is 11.4 Å². The summed E-state index contributed by atoms with van der Waals surface area (Å²) in [6.45, 7) is 2.19. The van der Waals surface area contributed by atoms with Gasteiger partial charge in [-0.25, -0.2) is 0 Å². The third-order valence-corrected chi connectivity index (χ3v) is 13.9. The summed E-state index contributed by atoms with van der Waals surface area (Å²) in [4.78, 5) is 1.46. The predicted octanol–water partition coefficient (Wildman–Crippen LogP) is 7.26. The van der Waals surface area contributed by atoms with Crippen molar-refractivity contribution in [2.45, 2.75) is 31.8 Å². The molecule has 0 aromatic heterocycles. The van der Waals surface area contributed by atoms with Gasteiger partial charge >= 0.3 is 0 Å². The first kappa shape index (κ1) is 20.1. The van der Waals surface area contributed by atoms with E-state index in [1.54, 1.807) is 12.7 Å². The van der Waals surface area contributed by atoms with Crippen LogP contribution < -0.4 is 10.0 Å². The van der Waals surface area contributed by atoms with Gasteiger partial charge in [-0.1, -0.05) is 77.3 Å². The molecule has 1 heterocycles. The number of aryl methyl sites for hydroxylation is 2. The molecular formula is C26H25OPS2. The maximum absolute atomic E-state index is 6.63. The lowest BCUT2D eigenvalue weighted by Gasteiger charge is -2.27. The number of hydrogen-bond acceptors (Lipinski definition) is 3. The number of allylic oxidation sites excluding steroid dienone is 1. The van der Waals surface area contributed by atoms with E-state index in [0.717, 1.165) is 18.6 Å². The van der Waals surface area contributed by atoms with Crippen LogP contribution in [0.25, 0.3) is 4.91 Å². The summed E-state index contributed by atoms with van der Waals surface area (Å²) in [5, 5.41) is -0.669. The zero-order valence-corrected chi connectivity index (χ0v) is 19.8. The molecule has 2 atom stereocenters. The Morgan fingerprint density at radius 1 is 0.967 bits per heavy atom. The van der Waals surface area contributed by atoms with Gasteiger partial charge in [0, 0.05) is 15.8 Å². The van der Waals surface area contributed by atoms with Gasteiger partial charge in [-0.3, -0.25) is 0 Å². The van der Waals surface area contributed by atoms with Gasteiger partial charge in [-0.15, -0.1) is 0 Å². The third kappa shape index (κ3) is 3.38. The maximum atomic E-state index is 6.63. The summed E-state index contributed by atoms with van der Waals surface area (Å²) in [5.74, 6) is 0.885. The molecule has 0 saturated carbocycles. The zero-order valence-electron chi connectivity index (χ0n) is 17.3. The van der Waals surface area contributed by atoms with Gasteiger partial charge in [0.2, 0.25) is 0 Å². The Bertz CT molecular complexity index is 1170. The van der Waals surface area contributed by atoms with E-state index in [1.165, 1.54) is 38.9 Å². The molecule has 30 heavy (non-hydrogen) atoms. The highest BCUT2D eigenvalue weighted by molar-refractivity contribution is 8.76. The second-order valence-corrected chi connectivity index (χ2v) is 15.6. The third-order valence-electron chi connectivity index (χ3n) is 6.14. The minimum absolute atomic E-state index is 0.300. The fraction of sp³-hybridized carbons (Fsp3) is 0.231. The lowest BCUT2D eigenvalue weighted by Crippen LogP contribution is -2.09. The van der Waals surface area contributed by atoms with Crippen LogP contribution in [0.2, 0.25) is 0 Å². The Morgan fingerprint density at radius 2 is 1.73 bits per heavy atom. The highest BCUT2D eigenvalue weighted by Gasteiger charge is 2.44. The smallest absolute Gasteiger partial charge is 0.118 e. The Balaban J connectivity index is 1.71. The van der Waals surface area contributed by atoms with Gasteiger partial charge in [0.25, 0.3) is 0 Å². The number of methoxy groups -OCH3 is 1. The number of benzene rings is 3. The van der Waals surface area contributed by atoms with Gasteiger partial charge in [0.1, 0.15) is 5.75 Å². The monoisotopic (exact) mass is 448 g/mol. The van der Waals surface area contributed by atoms with Crippen molar-refractivity contribution in [1.82, 2.24) is 0 Å². The topological polar surface area (TPSA) is 9.23 Å². The van der Waals surface area contributed by atoms with Crippen molar-refractivity contribution in [2.24, 2.45) is 0 Å². The molecule has 3 aromatic carbocycles. The molecule has 4 heteroatoms. The standard InChI is InChI=1S/C26H25OPS2/c1-18-11-12-19-9-6-10-23-25(20-7-4-3-5-8-20)28(29,30-26(23)24(19)17-18)22-15-13-21(27-2)14-16-22/h3-5,7-8,11-17,25H,6,9-10H2,1-2H3. The molecule has 0 spiro atoms. The van der Waals surface area contributed by atoms with E-state index < -0.39 is 5.24 Å². The molecule has 0 radical (unpaired) electrons. The van der Waals surface area contributed by atoms with Crippen molar-refractivity contribution in [3.05, 3.63) is 101 Å². The largest absolute Gasteiger partial charge is 0.497 e. The van der Waals surface area contributed by atoms with Crippen molar-refractivity contribution >= 4 is 38.6 Å². The van der Waals surface area contributed by atoms with Crippen LogP contribution in [0.5, 0.6) is 5.75 Å². The SMILES string of the molecule is COc1ccc(P2(=S)SC3=C(CCCc4ccc(C)cc43)C2c2ccccc2)cc1. The molecular weight excluding hydrogens is 423 g/mol. The minimum atomic E-state index is -1.96. The minimum Gasteiger partial charge on any atom is -0.497 e. The van der Waals surface area contributed by atoms with Crippen LogP contribution in [-0.2, 0) is 18.2 Å². The molecule has 1 nitrogen and oxygen atoms in total. The zero-order chi connectivity index (χ0) is 20.7. The Kier molecular flexibility index (Phi) is 5.39. The van der Waals surface area contributed by atoms with E-state index in [9.17, 15) is 0 Å². The Morgan fingerprint density at radius 3 is 2.47 bits per heavy atom. The molecule has 0 fully saturated rings. The van der Waals surface area contributed by atoms with Crippen LogP contribution in [0.15, 0.2) is 78.4 Å². The number of rotatable bonds is 3. The van der Waals surface area contributed by atoms with Gasteiger partial charge in [0.05, 0.1) is 7.11 Å². The quantitative estimate of drug-likeness (QED) is 0.390. The van der Waals surface area contributed by atoms with Crippen LogP contribution in [0.3, 0.4) is 0 Å². The van der Waals surface area contributed by atoms with E-state index in [2.05, 4.69) is 79.7 Å². The van der Waals surface area contributed by atoms with E-state index >= 15 is 0 Å². The summed E-state index contributed by atoms with van der Waals surface area (Å²) < 4.78 is 5.41. The van der Waals surface area contributed by atoms with Gasteiger partial charge in [-0.05, 0) is 78.0 Å². The maximum Gasteiger partial charge on any atom is 0.118 e. The molecule has 5 rings (SSSR count). The second-order valence-electron chi connectivity index (χ2n) is 8.07. The predicted molar refractivity (Wildman–Crippen MR) is 135 cm³/mol. The average Bonchev–Trinajstić information content (AvgIpc) is 2.98. The highest BCUT2D eigenvalue weighted by atomic mass is 32.9. The molecule has 0 bridgehead atoms. The van der Waals surface area contributed by atoms with Crippen LogP contribution in [0.1, 0.15) is 40.8 Å². The second kappa shape index (κ2) is 8.04. The molecule has 0 N–H and O–H groups in total. The molecule has 3 aromatic rings.